The van der Waals surface area contributed by atoms with Gasteiger partial charge in [0.2, 0.25) is 0 Å². The quantitative estimate of drug-likeness (QED) is 0.434. The van der Waals surface area contributed by atoms with Crippen LogP contribution in [0.15, 0.2) is 12.2 Å². The minimum Gasteiger partial charge on any atom is -0.481 e. The van der Waals surface area contributed by atoms with E-state index < -0.39 is 29.2 Å². The van der Waals surface area contributed by atoms with Gasteiger partial charge in [-0.15, -0.1) is 0 Å². The van der Waals surface area contributed by atoms with Crippen LogP contribution in [0.1, 0.15) is 47.0 Å². The van der Waals surface area contributed by atoms with Gasteiger partial charge in [-0.1, -0.05) is 39.8 Å². The van der Waals surface area contributed by atoms with Gasteiger partial charge in [0.15, 0.2) is 0 Å². The Morgan fingerprint density at radius 3 is 2.15 bits per heavy atom. The van der Waals surface area contributed by atoms with Crippen molar-refractivity contribution < 1.29 is 29.0 Å². The van der Waals surface area contributed by atoms with Crippen molar-refractivity contribution in [3.8, 4) is 0 Å². The van der Waals surface area contributed by atoms with Gasteiger partial charge in [0, 0.05) is 0 Å². The SMILES string of the molecule is CC1CCC1(C(=O)OCCOC(=O)C1C2C=CC(C2)C1C(=O)O)C(C)(C)C. The molecule has 1 N–H and O–H groups in total. The average Bonchev–Trinajstić information content (AvgIpc) is 3.17. The lowest BCUT2D eigenvalue weighted by Crippen LogP contribution is -2.55. The van der Waals surface area contributed by atoms with E-state index in [0.29, 0.717) is 6.42 Å². The topological polar surface area (TPSA) is 89.9 Å². The molecule has 2 fully saturated rings. The Morgan fingerprint density at radius 1 is 1.07 bits per heavy atom. The van der Waals surface area contributed by atoms with Gasteiger partial charge in [-0.05, 0) is 42.4 Å². The van der Waals surface area contributed by atoms with Crippen molar-refractivity contribution >= 4 is 17.9 Å². The molecule has 150 valence electrons. The zero-order chi connectivity index (χ0) is 20.0. The number of aliphatic carboxylic acids is 1. The van der Waals surface area contributed by atoms with Crippen LogP contribution >= 0.6 is 0 Å². The minimum absolute atomic E-state index is 0.00349. The number of carboxylic acid groups (broad SMARTS) is 1. The molecule has 0 aromatic heterocycles. The molecule has 0 spiro atoms. The zero-order valence-electron chi connectivity index (χ0n) is 16.6. The third-order valence-electron chi connectivity index (χ3n) is 7.09. The Hall–Kier alpha value is -1.85. The molecule has 0 saturated heterocycles. The van der Waals surface area contributed by atoms with Crippen LogP contribution in [0.3, 0.4) is 0 Å². The molecule has 0 radical (unpaired) electrons. The van der Waals surface area contributed by atoms with Crippen LogP contribution in [0.25, 0.3) is 0 Å². The summed E-state index contributed by atoms with van der Waals surface area (Å²) in [5.41, 5.74) is -0.677. The predicted molar refractivity (Wildman–Crippen MR) is 97.6 cm³/mol. The van der Waals surface area contributed by atoms with E-state index in [9.17, 15) is 19.5 Å². The number of rotatable bonds is 6. The van der Waals surface area contributed by atoms with Gasteiger partial charge in [0.25, 0.3) is 0 Å². The molecule has 2 saturated carbocycles. The summed E-state index contributed by atoms with van der Waals surface area (Å²) in [6.07, 6.45) is 6.32. The predicted octanol–water partition coefficient (Wildman–Crippen LogP) is 3.06. The van der Waals surface area contributed by atoms with Crippen LogP contribution in [0.2, 0.25) is 0 Å². The standard InChI is InChI=1S/C21H30O6/c1-12-7-8-21(12,20(2,3)4)19(25)27-10-9-26-18(24)16-14-6-5-13(11-14)15(16)17(22)23/h5-6,12-16H,7-11H2,1-4H3,(H,22,23). The Labute approximate surface area is 160 Å². The van der Waals surface area contributed by atoms with Crippen molar-refractivity contribution in [2.24, 2.45) is 40.4 Å². The number of hydrogen-bond donors (Lipinski definition) is 1. The number of allylic oxidation sites excluding steroid dienone is 2. The summed E-state index contributed by atoms with van der Waals surface area (Å²) >= 11 is 0. The highest BCUT2D eigenvalue weighted by molar-refractivity contribution is 5.83. The normalized spacial score (nSPS) is 37.0. The molecule has 27 heavy (non-hydrogen) atoms. The first-order valence-electron chi connectivity index (χ1n) is 9.84. The van der Waals surface area contributed by atoms with E-state index in [-0.39, 0.29) is 42.4 Å². The second-order valence-electron chi connectivity index (χ2n) is 9.30. The summed E-state index contributed by atoms with van der Waals surface area (Å²) in [5.74, 6) is -2.92. The van der Waals surface area contributed by atoms with Crippen molar-refractivity contribution in [2.75, 3.05) is 13.2 Å². The van der Waals surface area contributed by atoms with Gasteiger partial charge < -0.3 is 14.6 Å². The van der Waals surface area contributed by atoms with E-state index >= 15 is 0 Å². The van der Waals surface area contributed by atoms with E-state index in [0.717, 1.165) is 12.8 Å². The van der Waals surface area contributed by atoms with Crippen LogP contribution < -0.4 is 0 Å². The second-order valence-corrected chi connectivity index (χ2v) is 9.30. The first-order valence-corrected chi connectivity index (χ1v) is 9.84. The van der Waals surface area contributed by atoms with Crippen molar-refractivity contribution in [3.05, 3.63) is 12.2 Å². The van der Waals surface area contributed by atoms with E-state index in [1.165, 1.54) is 0 Å². The highest BCUT2D eigenvalue weighted by Gasteiger charge is 2.58. The largest absolute Gasteiger partial charge is 0.481 e. The van der Waals surface area contributed by atoms with Crippen LogP contribution in [-0.4, -0.2) is 36.2 Å². The monoisotopic (exact) mass is 378 g/mol. The summed E-state index contributed by atoms with van der Waals surface area (Å²) in [6.45, 7) is 8.20. The zero-order valence-corrected chi connectivity index (χ0v) is 16.6. The number of esters is 2. The minimum atomic E-state index is -0.952. The molecule has 3 aliphatic rings. The maximum Gasteiger partial charge on any atom is 0.312 e. The van der Waals surface area contributed by atoms with E-state index in [2.05, 4.69) is 27.7 Å². The maximum atomic E-state index is 12.7. The van der Waals surface area contributed by atoms with Crippen molar-refractivity contribution in [1.82, 2.24) is 0 Å². The van der Waals surface area contributed by atoms with E-state index in [1.807, 2.05) is 12.2 Å². The lowest BCUT2D eigenvalue weighted by molar-refractivity contribution is -0.184. The number of hydrogen-bond acceptors (Lipinski definition) is 5. The molecule has 6 unspecified atom stereocenters. The van der Waals surface area contributed by atoms with Gasteiger partial charge in [-0.3, -0.25) is 14.4 Å². The van der Waals surface area contributed by atoms with E-state index in [1.54, 1.807) is 0 Å². The van der Waals surface area contributed by atoms with E-state index in [4.69, 9.17) is 9.47 Å². The first-order chi connectivity index (χ1) is 12.6. The maximum absolute atomic E-state index is 12.7. The van der Waals surface area contributed by atoms with Crippen molar-refractivity contribution in [1.29, 1.82) is 0 Å². The lowest BCUT2D eigenvalue weighted by atomic mass is 9.49. The molecule has 6 heteroatoms. The fraction of sp³-hybridized carbons (Fsp3) is 0.762. The van der Waals surface area contributed by atoms with Crippen LogP contribution in [0.5, 0.6) is 0 Å². The highest BCUT2D eigenvalue weighted by Crippen LogP contribution is 2.58. The number of carbonyl (C=O) groups excluding carboxylic acids is 2. The van der Waals surface area contributed by atoms with Crippen LogP contribution in [-0.2, 0) is 23.9 Å². The first kappa shape index (κ1) is 19.9. The van der Waals surface area contributed by atoms with Crippen LogP contribution in [0, 0.1) is 40.4 Å². The highest BCUT2D eigenvalue weighted by atomic mass is 16.6. The third-order valence-corrected chi connectivity index (χ3v) is 7.09. The molecule has 0 aromatic rings. The Balaban J connectivity index is 1.50. The number of carbonyl (C=O) groups is 3. The fourth-order valence-electron chi connectivity index (χ4n) is 5.43. The van der Waals surface area contributed by atoms with Gasteiger partial charge in [-0.25, -0.2) is 0 Å². The summed E-state index contributed by atoms with van der Waals surface area (Å²) < 4.78 is 10.7. The third kappa shape index (κ3) is 3.17. The summed E-state index contributed by atoms with van der Waals surface area (Å²) in [5, 5.41) is 9.41. The molecule has 0 aliphatic heterocycles. The smallest absolute Gasteiger partial charge is 0.312 e. The number of ether oxygens (including phenoxy) is 2. The molecule has 0 amide bonds. The molecule has 0 heterocycles. The summed E-state index contributed by atoms with van der Waals surface area (Å²) in [7, 11) is 0. The number of carboxylic acids is 1. The molecule has 0 aromatic carbocycles. The number of fused-ring (bicyclic) bond motifs is 2. The molecular formula is C21H30O6. The second kappa shape index (κ2) is 6.95. The van der Waals surface area contributed by atoms with Gasteiger partial charge >= 0.3 is 17.9 Å². The van der Waals surface area contributed by atoms with Gasteiger partial charge in [0.1, 0.15) is 13.2 Å². The molecule has 3 rings (SSSR count). The van der Waals surface area contributed by atoms with Crippen molar-refractivity contribution in [3.63, 3.8) is 0 Å². The van der Waals surface area contributed by atoms with Crippen molar-refractivity contribution in [2.45, 2.75) is 47.0 Å². The Bertz CT molecular complexity index is 660. The van der Waals surface area contributed by atoms with Crippen LogP contribution in [0.4, 0.5) is 0 Å². The lowest BCUT2D eigenvalue weighted by Gasteiger charge is -2.54. The fourth-order valence-corrected chi connectivity index (χ4v) is 5.43. The Morgan fingerprint density at radius 2 is 1.67 bits per heavy atom. The molecule has 6 nitrogen and oxygen atoms in total. The molecule has 3 aliphatic carbocycles. The summed E-state index contributed by atoms with van der Waals surface area (Å²) in [4.78, 5) is 36.6. The molecule has 6 atom stereocenters. The summed E-state index contributed by atoms with van der Waals surface area (Å²) in [6, 6.07) is 0. The molecule has 2 bridgehead atoms. The van der Waals surface area contributed by atoms with Gasteiger partial charge in [-0.2, -0.15) is 0 Å². The average molecular weight is 378 g/mol. The Kier molecular flexibility index (Phi) is 5.12. The van der Waals surface area contributed by atoms with Gasteiger partial charge in [0.05, 0.1) is 17.3 Å². The molecular weight excluding hydrogens is 348 g/mol.